The Kier molecular flexibility index (Phi) is 4.14. The molecule has 0 N–H and O–H groups in total. The molecule has 0 aromatic heterocycles. The Labute approximate surface area is 92.4 Å². The van der Waals surface area contributed by atoms with E-state index in [1.54, 1.807) is 31.4 Å². The van der Waals surface area contributed by atoms with E-state index in [0.29, 0.717) is 6.42 Å². The van der Waals surface area contributed by atoms with Gasteiger partial charge in [0.25, 0.3) is 0 Å². The summed E-state index contributed by atoms with van der Waals surface area (Å²) in [6, 6.07) is 7.17. The van der Waals surface area contributed by atoms with Crippen molar-refractivity contribution in [1.82, 2.24) is 0 Å². The number of ether oxygens (including phenoxy) is 1. The van der Waals surface area contributed by atoms with Gasteiger partial charge in [-0.1, -0.05) is 22.9 Å². The summed E-state index contributed by atoms with van der Waals surface area (Å²) in [7, 11) is 1.61. The molecule has 0 aliphatic heterocycles. The number of Topliss-reactive ketones (excluding diaryl/α,β-unsaturated/α-hetero) is 1. The standard InChI is InChI=1S/C11H13BrO2/c1-8(12)7-11(13)9-3-5-10(14-2)6-4-9/h3-6,8H,7H2,1-2H3. The number of hydrogen-bond donors (Lipinski definition) is 0. The summed E-state index contributed by atoms with van der Waals surface area (Å²) in [5.41, 5.74) is 0.733. The van der Waals surface area contributed by atoms with Crippen molar-refractivity contribution in [3.8, 4) is 5.75 Å². The summed E-state index contributed by atoms with van der Waals surface area (Å²) in [6.45, 7) is 1.96. The van der Waals surface area contributed by atoms with Crippen LogP contribution in [0.4, 0.5) is 0 Å². The molecule has 0 radical (unpaired) electrons. The second kappa shape index (κ2) is 5.15. The zero-order chi connectivity index (χ0) is 10.6. The molecule has 2 nitrogen and oxygen atoms in total. The number of halogens is 1. The first kappa shape index (κ1) is 11.2. The number of rotatable bonds is 4. The molecule has 3 heteroatoms. The zero-order valence-electron chi connectivity index (χ0n) is 8.29. The molecule has 1 unspecified atom stereocenters. The maximum atomic E-state index is 11.6. The number of hydrogen-bond acceptors (Lipinski definition) is 2. The minimum Gasteiger partial charge on any atom is -0.497 e. The van der Waals surface area contributed by atoms with Crippen LogP contribution in [0.5, 0.6) is 5.75 Å². The van der Waals surface area contributed by atoms with Crippen LogP contribution < -0.4 is 4.74 Å². The largest absolute Gasteiger partial charge is 0.497 e. The van der Waals surface area contributed by atoms with E-state index in [-0.39, 0.29) is 10.6 Å². The van der Waals surface area contributed by atoms with Gasteiger partial charge in [0.05, 0.1) is 7.11 Å². The number of ketones is 1. The molecule has 76 valence electrons. The molecule has 0 heterocycles. The van der Waals surface area contributed by atoms with Crippen LogP contribution >= 0.6 is 15.9 Å². The third-order valence-corrected chi connectivity index (χ3v) is 2.20. The quantitative estimate of drug-likeness (QED) is 0.612. The van der Waals surface area contributed by atoms with Crippen LogP contribution in [0.15, 0.2) is 24.3 Å². The number of alkyl halides is 1. The number of carbonyl (C=O) groups is 1. The molecular weight excluding hydrogens is 244 g/mol. The first-order valence-corrected chi connectivity index (χ1v) is 5.36. The molecule has 0 bridgehead atoms. The SMILES string of the molecule is COc1ccc(C(=O)CC(C)Br)cc1. The first-order chi connectivity index (χ1) is 6.63. The Morgan fingerprint density at radius 1 is 1.43 bits per heavy atom. The number of methoxy groups -OCH3 is 1. The third-order valence-electron chi connectivity index (χ3n) is 1.88. The fraction of sp³-hybridized carbons (Fsp3) is 0.364. The molecule has 0 fully saturated rings. The van der Waals surface area contributed by atoms with Crippen LogP contribution in [-0.4, -0.2) is 17.7 Å². The molecule has 0 saturated heterocycles. The number of benzene rings is 1. The fourth-order valence-corrected chi connectivity index (χ4v) is 1.44. The molecule has 0 spiro atoms. The average molecular weight is 257 g/mol. The van der Waals surface area contributed by atoms with Gasteiger partial charge in [-0.15, -0.1) is 0 Å². The Morgan fingerprint density at radius 3 is 2.43 bits per heavy atom. The van der Waals surface area contributed by atoms with E-state index in [0.717, 1.165) is 11.3 Å². The van der Waals surface area contributed by atoms with E-state index in [9.17, 15) is 4.79 Å². The molecular formula is C11H13BrO2. The van der Waals surface area contributed by atoms with E-state index in [4.69, 9.17) is 4.74 Å². The molecule has 0 saturated carbocycles. The highest BCUT2D eigenvalue weighted by atomic mass is 79.9. The molecule has 0 aliphatic carbocycles. The second-order valence-corrected chi connectivity index (χ2v) is 4.70. The van der Waals surface area contributed by atoms with Crippen molar-refractivity contribution in [2.24, 2.45) is 0 Å². The van der Waals surface area contributed by atoms with E-state index in [1.165, 1.54) is 0 Å². The smallest absolute Gasteiger partial charge is 0.163 e. The third kappa shape index (κ3) is 3.14. The van der Waals surface area contributed by atoms with Gasteiger partial charge in [-0.05, 0) is 24.3 Å². The summed E-state index contributed by atoms with van der Waals surface area (Å²) < 4.78 is 5.01. The Balaban J connectivity index is 2.71. The summed E-state index contributed by atoms with van der Waals surface area (Å²) in [5, 5.41) is 0. The highest BCUT2D eigenvalue weighted by Gasteiger charge is 2.08. The highest BCUT2D eigenvalue weighted by Crippen LogP contribution is 2.14. The van der Waals surface area contributed by atoms with Crippen molar-refractivity contribution >= 4 is 21.7 Å². The number of carbonyl (C=O) groups excluding carboxylic acids is 1. The summed E-state index contributed by atoms with van der Waals surface area (Å²) in [6.07, 6.45) is 0.520. The van der Waals surface area contributed by atoms with Gasteiger partial charge in [0.15, 0.2) is 5.78 Å². The van der Waals surface area contributed by atoms with E-state index in [2.05, 4.69) is 15.9 Å². The van der Waals surface area contributed by atoms with Crippen molar-refractivity contribution in [2.45, 2.75) is 18.2 Å². The monoisotopic (exact) mass is 256 g/mol. The van der Waals surface area contributed by atoms with Crippen LogP contribution in [-0.2, 0) is 0 Å². The van der Waals surface area contributed by atoms with Crippen molar-refractivity contribution in [2.75, 3.05) is 7.11 Å². The van der Waals surface area contributed by atoms with E-state index in [1.807, 2.05) is 6.92 Å². The van der Waals surface area contributed by atoms with Crippen molar-refractivity contribution in [3.63, 3.8) is 0 Å². The fourth-order valence-electron chi connectivity index (χ4n) is 1.15. The van der Waals surface area contributed by atoms with Gasteiger partial charge in [0.1, 0.15) is 5.75 Å². The normalized spacial score (nSPS) is 12.2. The molecule has 1 aromatic carbocycles. The minimum absolute atomic E-state index is 0.150. The van der Waals surface area contributed by atoms with E-state index >= 15 is 0 Å². The first-order valence-electron chi connectivity index (χ1n) is 4.45. The molecule has 0 aliphatic rings. The molecule has 1 atom stereocenters. The van der Waals surface area contributed by atoms with Crippen molar-refractivity contribution in [3.05, 3.63) is 29.8 Å². The predicted molar refractivity (Wildman–Crippen MR) is 60.3 cm³/mol. The Morgan fingerprint density at radius 2 is 2.00 bits per heavy atom. The maximum Gasteiger partial charge on any atom is 0.163 e. The lowest BCUT2D eigenvalue weighted by Crippen LogP contribution is -2.04. The summed E-state index contributed by atoms with van der Waals surface area (Å²) in [4.78, 5) is 11.8. The van der Waals surface area contributed by atoms with Crippen LogP contribution in [0.3, 0.4) is 0 Å². The van der Waals surface area contributed by atoms with Crippen molar-refractivity contribution < 1.29 is 9.53 Å². The Hall–Kier alpha value is -0.830. The summed E-state index contributed by atoms with van der Waals surface area (Å²) in [5.74, 6) is 0.922. The molecule has 1 rings (SSSR count). The van der Waals surface area contributed by atoms with Gasteiger partial charge in [-0.25, -0.2) is 0 Å². The van der Waals surface area contributed by atoms with Gasteiger partial charge >= 0.3 is 0 Å². The van der Waals surface area contributed by atoms with Crippen LogP contribution in [0, 0.1) is 0 Å². The van der Waals surface area contributed by atoms with Gasteiger partial charge < -0.3 is 4.74 Å². The van der Waals surface area contributed by atoms with Gasteiger partial charge in [0.2, 0.25) is 0 Å². The van der Waals surface area contributed by atoms with Gasteiger partial charge in [-0.2, -0.15) is 0 Å². The summed E-state index contributed by atoms with van der Waals surface area (Å²) >= 11 is 3.35. The highest BCUT2D eigenvalue weighted by molar-refractivity contribution is 9.09. The van der Waals surface area contributed by atoms with Crippen LogP contribution in [0.25, 0.3) is 0 Å². The van der Waals surface area contributed by atoms with Crippen LogP contribution in [0.2, 0.25) is 0 Å². The lowest BCUT2D eigenvalue weighted by Gasteiger charge is -2.03. The lowest BCUT2D eigenvalue weighted by atomic mass is 10.1. The molecule has 0 amide bonds. The van der Waals surface area contributed by atoms with Gasteiger partial charge in [-0.3, -0.25) is 4.79 Å². The predicted octanol–water partition coefficient (Wildman–Crippen LogP) is 3.05. The lowest BCUT2D eigenvalue weighted by molar-refractivity contribution is 0.0984. The minimum atomic E-state index is 0.150. The van der Waals surface area contributed by atoms with E-state index < -0.39 is 0 Å². The maximum absolute atomic E-state index is 11.6. The molecule has 1 aromatic rings. The molecule has 14 heavy (non-hydrogen) atoms. The van der Waals surface area contributed by atoms with Crippen LogP contribution in [0.1, 0.15) is 23.7 Å². The topological polar surface area (TPSA) is 26.3 Å². The Bertz CT molecular complexity index is 304. The second-order valence-electron chi connectivity index (χ2n) is 3.14. The average Bonchev–Trinajstić information content (AvgIpc) is 2.17. The zero-order valence-corrected chi connectivity index (χ0v) is 9.87. The van der Waals surface area contributed by atoms with Crippen molar-refractivity contribution in [1.29, 1.82) is 0 Å². The van der Waals surface area contributed by atoms with Gasteiger partial charge in [0, 0.05) is 16.8 Å².